The minimum Gasteiger partial charge on any atom is -0.384 e. The second-order valence-electron chi connectivity index (χ2n) is 5.00. The van der Waals surface area contributed by atoms with Gasteiger partial charge in [0, 0.05) is 37.0 Å². The molecule has 0 aliphatic carbocycles. The van der Waals surface area contributed by atoms with Crippen LogP contribution in [0.1, 0.15) is 13.3 Å². The molecule has 0 fully saturated rings. The molecule has 0 spiro atoms. The van der Waals surface area contributed by atoms with E-state index in [-0.39, 0.29) is 24.1 Å². The van der Waals surface area contributed by atoms with Crippen LogP contribution in [0.3, 0.4) is 0 Å². The molecular weight excluding hydrogens is 297 g/mol. The summed E-state index contributed by atoms with van der Waals surface area (Å²) in [6, 6.07) is 13.0. The highest BCUT2D eigenvalue weighted by Crippen LogP contribution is 2.15. The van der Waals surface area contributed by atoms with Crippen LogP contribution in [0.25, 0.3) is 0 Å². The van der Waals surface area contributed by atoms with Crippen LogP contribution in [0.4, 0.5) is 21.5 Å². The normalized spacial score (nSPS) is 10.0. The maximum absolute atomic E-state index is 13.0. The van der Waals surface area contributed by atoms with Gasteiger partial charge >= 0.3 is 0 Å². The van der Waals surface area contributed by atoms with Crippen molar-refractivity contribution < 1.29 is 14.0 Å². The first-order valence-electron chi connectivity index (χ1n) is 7.20. The molecule has 0 bridgehead atoms. The zero-order valence-electron chi connectivity index (χ0n) is 12.7. The number of carbonyl (C=O) groups is 2. The van der Waals surface area contributed by atoms with Crippen molar-refractivity contribution in [3.8, 4) is 0 Å². The molecule has 0 saturated heterocycles. The molecule has 6 heteroatoms. The zero-order chi connectivity index (χ0) is 16.7. The number of rotatable bonds is 6. The highest BCUT2D eigenvalue weighted by atomic mass is 19.1. The predicted molar refractivity (Wildman–Crippen MR) is 88.9 cm³/mol. The number of hydrogen-bond donors (Lipinski definition) is 3. The number of benzene rings is 2. The van der Waals surface area contributed by atoms with Crippen molar-refractivity contribution >= 4 is 28.9 Å². The number of hydrogen-bond acceptors (Lipinski definition) is 3. The first-order chi connectivity index (χ1) is 11.0. The molecular formula is C17H18FN3O2. The molecule has 0 aliphatic heterocycles. The van der Waals surface area contributed by atoms with E-state index in [1.165, 1.54) is 19.1 Å². The van der Waals surface area contributed by atoms with Crippen LogP contribution in [0.2, 0.25) is 0 Å². The van der Waals surface area contributed by atoms with Gasteiger partial charge in [0.15, 0.2) is 0 Å². The fourth-order valence-corrected chi connectivity index (χ4v) is 2.02. The van der Waals surface area contributed by atoms with Gasteiger partial charge in [0.2, 0.25) is 11.8 Å². The Morgan fingerprint density at radius 2 is 1.61 bits per heavy atom. The number of halogens is 1. The summed E-state index contributed by atoms with van der Waals surface area (Å²) in [5.41, 5.74) is 1.85. The Labute approximate surface area is 133 Å². The van der Waals surface area contributed by atoms with Crippen molar-refractivity contribution in [2.45, 2.75) is 13.3 Å². The smallest absolute Gasteiger partial charge is 0.226 e. The van der Waals surface area contributed by atoms with Gasteiger partial charge in [-0.1, -0.05) is 12.1 Å². The standard InChI is InChI=1S/C17H18FN3O2/c1-12(22)20-15-6-3-7-16(11-15)21-17(23)8-9-19-14-5-2-4-13(18)10-14/h2-7,10-11,19H,8-9H2,1H3,(H,20,22)(H,21,23). The Hall–Kier alpha value is -2.89. The van der Waals surface area contributed by atoms with Gasteiger partial charge in [-0.2, -0.15) is 0 Å². The van der Waals surface area contributed by atoms with E-state index in [1.807, 2.05) is 0 Å². The van der Waals surface area contributed by atoms with E-state index in [9.17, 15) is 14.0 Å². The van der Waals surface area contributed by atoms with Crippen LogP contribution in [0, 0.1) is 5.82 Å². The van der Waals surface area contributed by atoms with Crippen molar-refractivity contribution in [1.82, 2.24) is 0 Å². The Balaban J connectivity index is 1.81. The molecule has 2 aromatic rings. The van der Waals surface area contributed by atoms with Crippen molar-refractivity contribution in [2.24, 2.45) is 0 Å². The third-order valence-electron chi connectivity index (χ3n) is 2.97. The van der Waals surface area contributed by atoms with Gasteiger partial charge in [0.1, 0.15) is 5.82 Å². The van der Waals surface area contributed by atoms with E-state index in [2.05, 4.69) is 16.0 Å². The summed E-state index contributed by atoms with van der Waals surface area (Å²) in [5, 5.41) is 8.38. The molecule has 0 saturated carbocycles. The SMILES string of the molecule is CC(=O)Nc1cccc(NC(=O)CCNc2cccc(F)c2)c1. The first-order valence-corrected chi connectivity index (χ1v) is 7.20. The van der Waals surface area contributed by atoms with Gasteiger partial charge in [-0.3, -0.25) is 9.59 Å². The second-order valence-corrected chi connectivity index (χ2v) is 5.00. The molecule has 23 heavy (non-hydrogen) atoms. The van der Waals surface area contributed by atoms with Crippen LogP contribution < -0.4 is 16.0 Å². The Bertz CT molecular complexity index is 704. The van der Waals surface area contributed by atoms with Gasteiger partial charge in [0.05, 0.1) is 0 Å². The molecule has 120 valence electrons. The van der Waals surface area contributed by atoms with Crippen LogP contribution >= 0.6 is 0 Å². The molecule has 5 nitrogen and oxygen atoms in total. The Morgan fingerprint density at radius 3 is 2.30 bits per heavy atom. The topological polar surface area (TPSA) is 70.2 Å². The lowest BCUT2D eigenvalue weighted by molar-refractivity contribution is -0.116. The molecule has 2 rings (SSSR count). The Morgan fingerprint density at radius 1 is 0.957 bits per heavy atom. The maximum Gasteiger partial charge on any atom is 0.226 e. The van der Waals surface area contributed by atoms with Crippen molar-refractivity contribution in [1.29, 1.82) is 0 Å². The molecule has 0 heterocycles. The fourth-order valence-electron chi connectivity index (χ4n) is 2.02. The molecule has 3 N–H and O–H groups in total. The van der Waals surface area contributed by atoms with E-state index < -0.39 is 0 Å². The van der Waals surface area contributed by atoms with Crippen LogP contribution in [-0.4, -0.2) is 18.4 Å². The third-order valence-corrected chi connectivity index (χ3v) is 2.97. The monoisotopic (exact) mass is 315 g/mol. The quantitative estimate of drug-likeness (QED) is 0.766. The summed E-state index contributed by atoms with van der Waals surface area (Å²) in [6.07, 6.45) is 0.237. The molecule has 2 amide bonds. The van der Waals surface area contributed by atoms with Crippen LogP contribution in [0.5, 0.6) is 0 Å². The minimum absolute atomic E-state index is 0.172. The average Bonchev–Trinajstić information content (AvgIpc) is 2.47. The van der Waals surface area contributed by atoms with Gasteiger partial charge in [0.25, 0.3) is 0 Å². The third kappa shape index (κ3) is 5.78. The van der Waals surface area contributed by atoms with Gasteiger partial charge in [-0.05, 0) is 36.4 Å². The summed E-state index contributed by atoms with van der Waals surface area (Å²) in [7, 11) is 0. The number of nitrogens with one attached hydrogen (secondary N) is 3. The molecule has 0 unspecified atom stereocenters. The minimum atomic E-state index is -0.325. The van der Waals surface area contributed by atoms with E-state index in [4.69, 9.17) is 0 Å². The second kappa shape index (κ2) is 7.93. The lowest BCUT2D eigenvalue weighted by atomic mass is 10.2. The lowest BCUT2D eigenvalue weighted by Gasteiger charge is -2.09. The molecule has 0 atom stereocenters. The largest absolute Gasteiger partial charge is 0.384 e. The average molecular weight is 315 g/mol. The zero-order valence-corrected chi connectivity index (χ0v) is 12.7. The highest BCUT2D eigenvalue weighted by Gasteiger charge is 2.04. The molecule has 0 aliphatic rings. The number of carbonyl (C=O) groups excluding carboxylic acids is 2. The lowest BCUT2D eigenvalue weighted by Crippen LogP contribution is -2.16. The first kappa shape index (κ1) is 16.5. The number of anilines is 3. The van der Waals surface area contributed by atoms with Gasteiger partial charge < -0.3 is 16.0 Å². The van der Waals surface area contributed by atoms with E-state index >= 15 is 0 Å². The summed E-state index contributed by atoms with van der Waals surface area (Å²) in [6.45, 7) is 1.81. The summed E-state index contributed by atoms with van der Waals surface area (Å²) >= 11 is 0. The summed E-state index contributed by atoms with van der Waals surface area (Å²) in [4.78, 5) is 22.9. The van der Waals surface area contributed by atoms with Crippen molar-refractivity contribution in [3.63, 3.8) is 0 Å². The highest BCUT2D eigenvalue weighted by molar-refractivity contribution is 5.93. The van der Waals surface area contributed by atoms with Gasteiger partial charge in [-0.25, -0.2) is 4.39 Å². The Kier molecular flexibility index (Phi) is 5.68. The van der Waals surface area contributed by atoms with Gasteiger partial charge in [-0.15, -0.1) is 0 Å². The molecule has 0 aromatic heterocycles. The van der Waals surface area contributed by atoms with Crippen LogP contribution in [0.15, 0.2) is 48.5 Å². The van der Waals surface area contributed by atoms with Crippen molar-refractivity contribution in [2.75, 3.05) is 22.5 Å². The maximum atomic E-state index is 13.0. The van der Waals surface area contributed by atoms with E-state index in [0.717, 1.165) is 0 Å². The number of amides is 2. The summed E-state index contributed by atoms with van der Waals surface area (Å²) in [5.74, 6) is -0.670. The van der Waals surface area contributed by atoms with E-state index in [0.29, 0.717) is 23.6 Å². The molecule has 0 radical (unpaired) electrons. The molecule has 2 aromatic carbocycles. The van der Waals surface area contributed by atoms with E-state index in [1.54, 1.807) is 36.4 Å². The summed E-state index contributed by atoms with van der Waals surface area (Å²) < 4.78 is 13.0. The fraction of sp³-hybridized carbons (Fsp3) is 0.176. The predicted octanol–water partition coefficient (Wildman–Crippen LogP) is 3.22. The van der Waals surface area contributed by atoms with Crippen molar-refractivity contribution in [3.05, 3.63) is 54.3 Å². The van der Waals surface area contributed by atoms with Crippen LogP contribution in [-0.2, 0) is 9.59 Å².